The van der Waals surface area contributed by atoms with Gasteiger partial charge in [0.25, 0.3) is 0 Å². The largest absolute Gasteiger partial charge is 0.459 e. The number of halogens is 2. The molecule has 94 valence electrons. The second-order valence-corrected chi connectivity index (χ2v) is 4.65. The molecule has 0 amide bonds. The van der Waals surface area contributed by atoms with Crippen LogP contribution in [0.1, 0.15) is 37.0 Å². The molecule has 1 aromatic rings. The van der Waals surface area contributed by atoms with Crippen LogP contribution in [0.3, 0.4) is 0 Å². The number of nitrogen functional groups attached to an aromatic ring is 1. The van der Waals surface area contributed by atoms with Gasteiger partial charge in [-0.15, -0.1) is 0 Å². The molecule has 0 aliphatic carbocycles. The van der Waals surface area contributed by atoms with Gasteiger partial charge in [-0.3, -0.25) is 0 Å². The van der Waals surface area contributed by atoms with Gasteiger partial charge >= 0.3 is 5.97 Å². The molecule has 0 aliphatic heterocycles. The third-order valence-electron chi connectivity index (χ3n) is 2.27. The molecular formula is C12H15Cl2NO2. The Hall–Kier alpha value is -0.930. The van der Waals surface area contributed by atoms with Crippen LogP contribution in [0.5, 0.6) is 0 Å². The zero-order chi connectivity index (χ0) is 13.0. The third kappa shape index (κ3) is 3.79. The topological polar surface area (TPSA) is 52.3 Å². The van der Waals surface area contributed by atoms with Crippen LogP contribution < -0.4 is 5.73 Å². The van der Waals surface area contributed by atoms with Gasteiger partial charge in [-0.25, -0.2) is 4.79 Å². The van der Waals surface area contributed by atoms with Crippen molar-refractivity contribution in [1.82, 2.24) is 0 Å². The first-order chi connectivity index (χ1) is 7.95. The van der Waals surface area contributed by atoms with E-state index in [-0.39, 0.29) is 21.7 Å². The van der Waals surface area contributed by atoms with Crippen molar-refractivity contribution < 1.29 is 9.53 Å². The van der Waals surface area contributed by atoms with Crippen molar-refractivity contribution in [3.05, 3.63) is 27.7 Å². The molecular weight excluding hydrogens is 261 g/mol. The number of anilines is 1. The lowest BCUT2D eigenvalue weighted by atomic mass is 10.2. The summed E-state index contributed by atoms with van der Waals surface area (Å²) < 4.78 is 5.23. The summed E-state index contributed by atoms with van der Waals surface area (Å²) in [4.78, 5) is 11.8. The minimum absolute atomic E-state index is 0.149. The summed E-state index contributed by atoms with van der Waals surface area (Å²) in [6, 6.07) is 2.96. The highest BCUT2D eigenvalue weighted by Gasteiger charge is 2.17. The number of rotatable bonds is 4. The lowest BCUT2D eigenvalue weighted by molar-refractivity contribution is 0.0324. The molecule has 1 atom stereocenters. The normalized spacial score (nSPS) is 12.2. The molecule has 0 aliphatic rings. The average Bonchev–Trinajstić information content (AvgIpc) is 2.23. The van der Waals surface area contributed by atoms with Crippen molar-refractivity contribution in [3.8, 4) is 0 Å². The molecule has 0 radical (unpaired) electrons. The van der Waals surface area contributed by atoms with Gasteiger partial charge in [0.15, 0.2) is 0 Å². The van der Waals surface area contributed by atoms with Crippen molar-refractivity contribution in [2.75, 3.05) is 5.73 Å². The Balaban J connectivity index is 2.89. The molecule has 0 spiro atoms. The van der Waals surface area contributed by atoms with E-state index in [0.717, 1.165) is 12.8 Å². The van der Waals surface area contributed by atoms with Crippen molar-refractivity contribution in [2.24, 2.45) is 0 Å². The van der Waals surface area contributed by atoms with Crippen LogP contribution in [0.2, 0.25) is 10.0 Å². The zero-order valence-electron chi connectivity index (χ0n) is 9.80. The fourth-order valence-electron chi connectivity index (χ4n) is 1.47. The maximum atomic E-state index is 11.8. The van der Waals surface area contributed by atoms with E-state index in [2.05, 4.69) is 0 Å². The molecule has 0 fully saturated rings. The summed E-state index contributed by atoms with van der Waals surface area (Å²) in [5.41, 5.74) is 6.20. The number of carbonyl (C=O) groups is 1. The summed E-state index contributed by atoms with van der Waals surface area (Å²) in [6.45, 7) is 3.86. The number of esters is 1. The minimum atomic E-state index is -0.495. The fraction of sp³-hybridized carbons (Fsp3) is 0.417. The summed E-state index contributed by atoms with van der Waals surface area (Å²) in [7, 11) is 0. The minimum Gasteiger partial charge on any atom is -0.459 e. The molecule has 2 N–H and O–H groups in total. The Bertz CT molecular complexity index is 421. The Morgan fingerprint density at radius 1 is 1.47 bits per heavy atom. The van der Waals surface area contributed by atoms with Gasteiger partial charge in [0.2, 0.25) is 0 Å². The highest BCUT2D eigenvalue weighted by Crippen LogP contribution is 2.29. The average molecular weight is 276 g/mol. The Morgan fingerprint density at radius 3 is 2.71 bits per heavy atom. The van der Waals surface area contributed by atoms with Gasteiger partial charge in [0, 0.05) is 5.69 Å². The number of benzene rings is 1. The Morgan fingerprint density at radius 2 is 2.12 bits per heavy atom. The molecule has 0 saturated carbocycles. The van der Waals surface area contributed by atoms with Crippen LogP contribution in [0, 0.1) is 0 Å². The maximum Gasteiger partial charge on any atom is 0.340 e. The number of nitrogens with two attached hydrogens (primary N) is 1. The molecule has 1 rings (SSSR count). The zero-order valence-corrected chi connectivity index (χ0v) is 11.3. The highest BCUT2D eigenvalue weighted by atomic mass is 35.5. The van der Waals surface area contributed by atoms with E-state index in [0.29, 0.717) is 5.69 Å². The van der Waals surface area contributed by atoms with Crippen LogP contribution in [0.25, 0.3) is 0 Å². The van der Waals surface area contributed by atoms with Crippen molar-refractivity contribution in [3.63, 3.8) is 0 Å². The van der Waals surface area contributed by atoms with Gasteiger partial charge in [-0.1, -0.05) is 36.5 Å². The van der Waals surface area contributed by atoms with Crippen LogP contribution in [-0.2, 0) is 4.74 Å². The summed E-state index contributed by atoms with van der Waals surface area (Å²) in [6.07, 6.45) is 1.60. The van der Waals surface area contributed by atoms with Gasteiger partial charge in [0.05, 0.1) is 21.7 Å². The Labute approximate surface area is 111 Å². The van der Waals surface area contributed by atoms with Crippen LogP contribution >= 0.6 is 23.2 Å². The standard InChI is InChI=1S/C12H15Cl2NO2/c1-3-4-7(2)17-12(16)9-5-8(15)6-10(13)11(9)14/h5-7H,3-4,15H2,1-2H3. The van der Waals surface area contributed by atoms with Crippen molar-refractivity contribution in [1.29, 1.82) is 0 Å². The molecule has 1 aromatic carbocycles. The fourth-order valence-corrected chi connectivity index (χ4v) is 1.88. The summed E-state index contributed by atoms with van der Waals surface area (Å²) >= 11 is 11.8. The lowest BCUT2D eigenvalue weighted by Gasteiger charge is -2.13. The first kappa shape index (κ1) is 14.1. The van der Waals surface area contributed by atoms with Crippen molar-refractivity contribution >= 4 is 34.9 Å². The van der Waals surface area contributed by atoms with Crippen LogP contribution in [0.4, 0.5) is 5.69 Å². The van der Waals surface area contributed by atoms with E-state index in [1.54, 1.807) is 0 Å². The van der Waals surface area contributed by atoms with E-state index in [1.165, 1.54) is 12.1 Å². The molecule has 0 heterocycles. The monoisotopic (exact) mass is 275 g/mol. The molecule has 0 aromatic heterocycles. The van der Waals surface area contributed by atoms with E-state index in [4.69, 9.17) is 33.7 Å². The second kappa shape index (κ2) is 6.12. The molecule has 5 heteroatoms. The van der Waals surface area contributed by atoms with Gasteiger partial charge in [-0.2, -0.15) is 0 Å². The van der Waals surface area contributed by atoms with E-state index in [1.807, 2.05) is 13.8 Å². The molecule has 3 nitrogen and oxygen atoms in total. The predicted molar refractivity (Wildman–Crippen MR) is 70.7 cm³/mol. The quantitative estimate of drug-likeness (QED) is 0.669. The lowest BCUT2D eigenvalue weighted by Crippen LogP contribution is -2.15. The molecule has 1 unspecified atom stereocenters. The van der Waals surface area contributed by atoms with Gasteiger partial charge < -0.3 is 10.5 Å². The smallest absolute Gasteiger partial charge is 0.340 e. The van der Waals surface area contributed by atoms with Gasteiger partial charge in [0.1, 0.15) is 0 Å². The highest BCUT2D eigenvalue weighted by molar-refractivity contribution is 6.44. The summed E-state index contributed by atoms with van der Waals surface area (Å²) in [5, 5.41) is 0.427. The van der Waals surface area contributed by atoms with Gasteiger partial charge in [-0.05, 0) is 25.5 Å². The van der Waals surface area contributed by atoms with E-state index >= 15 is 0 Å². The first-order valence-electron chi connectivity index (χ1n) is 5.41. The predicted octanol–water partition coefficient (Wildman–Crippen LogP) is 3.92. The van der Waals surface area contributed by atoms with E-state index in [9.17, 15) is 4.79 Å². The van der Waals surface area contributed by atoms with Crippen LogP contribution in [0.15, 0.2) is 12.1 Å². The third-order valence-corrected chi connectivity index (χ3v) is 3.08. The molecule has 0 saturated heterocycles. The maximum absolute atomic E-state index is 11.8. The summed E-state index contributed by atoms with van der Waals surface area (Å²) in [5.74, 6) is -0.495. The first-order valence-corrected chi connectivity index (χ1v) is 6.16. The van der Waals surface area contributed by atoms with Crippen molar-refractivity contribution in [2.45, 2.75) is 32.8 Å². The number of hydrogen-bond donors (Lipinski definition) is 1. The SMILES string of the molecule is CCCC(C)OC(=O)c1cc(N)cc(Cl)c1Cl. The number of carbonyl (C=O) groups excluding carboxylic acids is 1. The second-order valence-electron chi connectivity index (χ2n) is 3.87. The van der Waals surface area contributed by atoms with E-state index < -0.39 is 5.97 Å². The Kier molecular flexibility index (Phi) is 5.09. The number of ether oxygens (including phenoxy) is 1. The number of hydrogen-bond acceptors (Lipinski definition) is 3. The molecule has 17 heavy (non-hydrogen) atoms. The van der Waals surface area contributed by atoms with Crippen LogP contribution in [-0.4, -0.2) is 12.1 Å². The molecule has 0 bridgehead atoms.